The van der Waals surface area contributed by atoms with Crippen molar-refractivity contribution >= 4 is 11.6 Å². The van der Waals surface area contributed by atoms with Crippen molar-refractivity contribution in [2.45, 2.75) is 39.2 Å². The van der Waals surface area contributed by atoms with Crippen LogP contribution >= 0.6 is 0 Å². The van der Waals surface area contributed by atoms with Crippen molar-refractivity contribution in [3.8, 4) is 6.07 Å². The average molecular weight is 271 g/mol. The van der Waals surface area contributed by atoms with Gasteiger partial charge in [-0.25, -0.2) is 0 Å². The Balaban J connectivity index is 2.02. The van der Waals surface area contributed by atoms with Gasteiger partial charge in [-0.1, -0.05) is 26.0 Å². The minimum Gasteiger partial charge on any atom is -0.325 e. The molecule has 20 heavy (non-hydrogen) atoms. The lowest BCUT2D eigenvalue weighted by Crippen LogP contribution is -2.53. The van der Waals surface area contributed by atoms with Gasteiger partial charge in [-0.3, -0.25) is 4.79 Å². The average Bonchev–Trinajstić information content (AvgIpc) is 2.40. The molecule has 1 aromatic rings. The largest absolute Gasteiger partial charge is 0.325 e. The predicted octanol–water partition coefficient (Wildman–Crippen LogP) is 2.47. The topological polar surface area (TPSA) is 64.9 Å². The second kappa shape index (κ2) is 6.06. The number of hydrogen-bond acceptors (Lipinski definition) is 3. The maximum absolute atomic E-state index is 12.4. The van der Waals surface area contributed by atoms with E-state index in [1.807, 2.05) is 24.3 Å². The van der Waals surface area contributed by atoms with Crippen LogP contribution in [-0.4, -0.2) is 18.5 Å². The Labute approximate surface area is 120 Å². The molecule has 0 saturated carbocycles. The molecule has 0 aliphatic carbocycles. The lowest BCUT2D eigenvalue weighted by atomic mass is 9.77. The van der Waals surface area contributed by atoms with Crippen LogP contribution in [0.5, 0.6) is 0 Å². The van der Waals surface area contributed by atoms with Crippen LogP contribution in [0, 0.1) is 16.7 Å². The summed E-state index contributed by atoms with van der Waals surface area (Å²) in [6, 6.07) is 9.39. The van der Waals surface area contributed by atoms with Crippen LogP contribution in [0.25, 0.3) is 0 Å². The van der Waals surface area contributed by atoms with E-state index in [2.05, 4.69) is 30.6 Å². The third-order valence-corrected chi connectivity index (χ3v) is 3.89. The summed E-state index contributed by atoms with van der Waals surface area (Å²) < 4.78 is 0. The van der Waals surface area contributed by atoms with Crippen LogP contribution in [-0.2, 0) is 11.2 Å². The Bertz CT molecular complexity index is 514. The van der Waals surface area contributed by atoms with Gasteiger partial charge in [0.25, 0.3) is 0 Å². The summed E-state index contributed by atoms with van der Waals surface area (Å²) in [6.45, 7) is 5.14. The molecular formula is C16H21N3O. The van der Waals surface area contributed by atoms with E-state index in [1.54, 1.807) is 0 Å². The summed E-state index contributed by atoms with van der Waals surface area (Å²) in [5, 5.41) is 14.9. The fourth-order valence-corrected chi connectivity index (χ4v) is 2.67. The quantitative estimate of drug-likeness (QED) is 0.887. The van der Waals surface area contributed by atoms with Gasteiger partial charge in [-0.05, 0) is 42.5 Å². The summed E-state index contributed by atoms with van der Waals surface area (Å²) in [7, 11) is 0. The molecule has 4 heteroatoms. The zero-order valence-corrected chi connectivity index (χ0v) is 12.1. The molecule has 1 saturated heterocycles. The van der Waals surface area contributed by atoms with E-state index in [0.29, 0.717) is 6.42 Å². The van der Waals surface area contributed by atoms with Gasteiger partial charge in [-0.15, -0.1) is 0 Å². The van der Waals surface area contributed by atoms with Crippen LogP contribution in [0.15, 0.2) is 24.3 Å². The highest BCUT2D eigenvalue weighted by Crippen LogP contribution is 2.30. The van der Waals surface area contributed by atoms with E-state index in [-0.39, 0.29) is 17.4 Å². The van der Waals surface area contributed by atoms with E-state index in [4.69, 9.17) is 5.26 Å². The lowest BCUT2D eigenvalue weighted by molar-refractivity contribution is -0.121. The first-order valence-corrected chi connectivity index (χ1v) is 7.03. The molecule has 2 rings (SSSR count). The Hall–Kier alpha value is -1.86. The Morgan fingerprint density at radius 1 is 1.45 bits per heavy atom. The highest BCUT2D eigenvalue weighted by molar-refractivity contribution is 5.95. The minimum absolute atomic E-state index is 0.0164. The van der Waals surface area contributed by atoms with Crippen LogP contribution in [0.1, 0.15) is 32.3 Å². The highest BCUT2D eigenvalue weighted by Gasteiger charge is 2.36. The second-order valence-electron chi connectivity index (χ2n) is 6.00. The number of amides is 1. The van der Waals surface area contributed by atoms with Crippen LogP contribution in [0.2, 0.25) is 0 Å². The molecule has 0 aromatic heterocycles. The van der Waals surface area contributed by atoms with E-state index in [9.17, 15) is 4.79 Å². The van der Waals surface area contributed by atoms with Crippen molar-refractivity contribution in [3.05, 3.63) is 29.8 Å². The number of nitriles is 1. The monoisotopic (exact) mass is 271 g/mol. The van der Waals surface area contributed by atoms with Crippen molar-refractivity contribution in [2.24, 2.45) is 5.41 Å². The molecule has 0 bridgehead atoms. The number of carbonyl (C=O) groups is 1. The number of hydrogen-bond donors (Lipinski definition) is 2. The molecule has 2 N–H and O–H groups in total. The van der Waals surface area contributed by atoms with Crippen molar-refractivity contribution in [2.75, 3.05) is 11.9 Å². The molecule has 1 aromatic carbocycles. The SMILES string of the molecule is CC1(C)CCCNC1C(=O)Nc1ccc(CC#N)cc1. The van der Waals surface area contributed by atoms with Crippen molar-refractivity contribution in [1.29, 1.82) is 5.26 Å². The Kier molecular flexibility index (Phi) is 4.41. The summed E-state index contributed by atoms with van der Waals surface area (Å²) >= 11 is 0. The molecular weight excluding hydrogens is 250 g/mol. The van der Waals surface area contributed by atoms with Gasteiger partial charge >= 0.3 is 0 Å². The maximum atomic E-state index is 12.4. The highest BCUT2D eigenvalue weighted by atomic mass is 16.2. The van der Waals surface area contributed by atoms with Gasteiger partial charge in [0.05, 0.1) is 18.5 Å². The Morgan fingerprint density at radius 3 is 2.75 bits per heavy atom. The smallest absolute Gasteiger partial charge is 0.242 e. The third-order valence-electron chi connectivity index (χ3n) is 3.89. The number of anilines is 1. The summed E-state index contributed by atoms with van der Waals surface area (Å²) in [6.07, 6.45) is 2.56. The third kappa shape index (κ3) is 3.37. The first-order valence-electron chi connectivity index (χ1n) is 7.03. The summed E-state index contributed by atoms with van der Waals surface area (Å²) in [4.78, 5) is 12.4. The summed E-state index contributed by atoms with van der Waals surface area (Å²) in [5.41, 5.74) is 1.71. The number of benzene rings is 1. The predicted molar refractivity (Wildman–Crippen MR) is 79.2 cm³/mol. The van der Waals surface area contributed by atoms with E-state index in [1.165, 1.54) is 0 Å². The van der Waals surface area contributed by atoms with E-state index < -0.39 is 0 Å². The number of nitrogens with zero attached hydrogens (tertiary/aromatic N) is 1. The molecule has 1 unspecified atom stereocenters. The standard InChI is InChI=1S/C16H21N3O/c1-16(2)9-3-11-18-14(16)15(20)19-13-6-4-12(5-7-13)8-10-17/h4-7,14,18H,3,8-9,11H2,1-2H3,(H,19,20). The molecule has 1 amide bonds. The molecule has 0 radical (unpaired) electrons. The molecule has 4 nitrogen and oxygen atoms in total. The number of nitrogens with one attached hydrogen (secondary N) is 2. The maximum Gasteiger partial charge on any atom is 0.242 e. The lowest BCUT2D eigenvalue weighted by Gasteiger charge is -2.38. The number of rotatable bonds is 3. The van der Waals surface area contributed by atoms with Crippen molar-refractivity contribution < 1.29 is 4.79 Å². The second-order valence-corrected chi connectivity index (χ2v) is 6.00. The van der Waals surface area contributed by atoms with E-state index in [0.717, 1.165) is 30.6 Å². The molecule has 1 atom stereocenters. The van der Waals surface area contributed by atoms with E-state index >= 15 is 0 Å². The minimum atomic E-state index is -0.157. The van der Waals surface area contributed by atoms with Crippen LogP contribution < -0.4 is 10.6 Å². The van der Waals surface area contributed by atoms with Gasteiger partial charge in [0.2, 0.25) is 5.91 Å². The van der Waals surface area contributed by atoms with Crippen LogP contribution in [0.3, 0.4) is 0 Å². The first kappa shape index (κ1) is 14.5. The molecule has 1 fully saturated rings. The van der Waals surface area contributed by atoms with Gasteiger partial charge in [0.15, 0.2) is 0 Å². The molecule has 1 aliphatic rings. The normalized spacial score (nSPS) is 20.9. The molecule has 1 aliphatic heterocycles. The molecule has 0 spiro atoms. The van der Waals surface area contributed by atoms with Gasteiger partial charge in [-0.2, -0.15) is 5.26 Å². The fraction of sp³-hybridized carbons (Fsp3) is 0.500. The molecule has 106 valence electrons. The first-order chi connectivity index (χ1) is 9.53. The zero-order chi connectivity index (χ0) is 14.6. The van der Waals surface area contributed by atoms with Gasteiger partial charge < -0.3 is 10.6 Å². The van der Waals surface area contributed by atoms with Crippen molar-refractivity contribution in [3.63, 3.8) is 0 Å². The van der Waals surface area contributed by atoms with Gasteiger partial charge in [0.1, 0.15) is 0 Å². The number of carbonyl (C=O) groups excluding carboxylic acids is 1. The Morgan fingerprint density at radius 2 is 2.15 bits per heavy atom. The zero-order valence-electron chi connectivity index (χ0n) is 12.1. The molecule has 1 heterocycles. The fourth-order valence-electron chi connectivity index (χ4n) is 2.67. The van der Waals surface area contributed by atoms with Crippen molar-refractivity contribution in [1.82, 2.24) is 5.32 Å². The number of piperidine rings is 1. The van der Waals surface area contributed by atoms with Gasteiger partial charge in [0, 0.05) is 5.69 Å². The van der Waals surface area contributed by atoms with Crippen LogP contribution in [0.4, 0.5) is 5.69 Å². The summed E-state index contributed by atoms with van der Waals surface area (Å²) in [5.74, 6) is 0.0164.